The number of halogens is 1. The molecule has 1 aliphatic rings. The lowest BCUT2D eigenvalue weighted by Crippen LogP contribution is -2.00. The first-order chi connectivity index (χ1) is 13.6. The molecule has 0 radical (unpaired) electrons. The number of nitrogens with zero attached hydrogens (tertiary/aromatic N) is 4. The minimum Gasteiger partial charge on any atom is -0.471 e. The van der Waals surface area contributed by atoms with Crippen LogP contribution in [0.4, 0.5) is 0 Å². The maximum absolute atomic E-state index is 6.00. The van der Waals surface area contributed by atoms with Gasteiger partial charge in [0.25, 0.3) is 0 Å². The summed E-state index contributed by atoms with van der Waals surface area (Å²) in [6.07, 6.45) is 6.72. The van der Waals surface area contributed by atoms with E-state index in [-0.39, 0.29) is 0 Å². The number of imidazole rings is 1. The first-order valence-corrected chi connectivity index (χ1v) is 10.3. The molecule has 0 aliphatic heterocycles. The molecule has 3 heterocycles. The fraction of sp³-hybridized carbons (Fsp3) is 0.409. The van der Waals surface area contributed by atoms with Crippen molar-refractivity contribution in [3.63, 3.8) is 0 Å². The van der Waals surface area contributed by atoms with Crippen LogP contribution in [-0.4, -0.2) is 19.4 Å². The normalized spacial score (nSPS) is 12.5. The minimum absolute atomic E-state index is 0.323. The monoisotopic (exact) mass is 400 g/mol. The van der Waals surface area contributed by atoms with E-state index in [1.54, 1.807) is 6.07 Å². The zero-order valence-corrected chi connectivity index (χ0v) is 18.1. The van der Waals surface area contributed by atoms with Crippen LogP contribution in [-0.2, 0) is 6.61 Å². The van der Waals surface area contributed by atoms with Gasteiger partial charge >= 0.3 is 0 Å². The summed E-state index contributed by atoms with van der Waals surface area (Å²) in [7, 11) is 0. The van der Waals surface area contributed by atoms with E-state index < -0.39 is 0 Å². The molecule has 0 saturated heterocycles. The molecule has 0 aromatic carbocycles. The van der Waals surface area contributed by atoms with Crippen LogP contribution in [0.15, 0.2) is 37.2 Å². The van der Waals surface area contributed by atoms with E-state index in [0.717, 1.165) is 22.8 Å². The lowest BCUT2D eigenvalue weighted by Gasteiger charge is -2.05. The molecule has 150 valence electrons. The number of allylic oxidation sites excluding steroid dienone is 1. The third kappa shape index (κ3) is 5.55. The molecule has 0 bridgehead atoms. The quantitative estimate of drug-likeness (QED) is 0.470. The van der Waals surface area contributed by atoms with E-state index >= 15 is 0 Å². The Morgan fingerprint density at radius 1 is 1.14 bits per heavy atom. The first-order valence-electron chi connectivity index (χ1n) is 9.89. The molecule has 1 aliphatic carbocycles. The largest absolute Gasteiger partial charge is 0.471 e. The van der Waals surface area contributed by atoms with E-state index in [9.17, 15) is 0 Å². The highest BCUT2D eigenvalue weighted by atomic mass is 35.5. The van der Waals surface area contributed by atoms with Gasteiger partial charge in [-0.2, -0.15) is 4.98 Å². The highest BCUT2D eigenvalue weighted by Gasteiger charge is 2.23. The third-order valence-electron chi connectivity index (χ3n) is 3.99. The molecule has 6 heteroatoms. The number of hydrogen-bond acceptors (Lipinski definition) is 4. The molecule has 1 saturated carbocycles. The SMILES string of the molecule is C=C(C)c1nc(Cl)cc(OCc2cn3cc(C4CC4)ccc3n2)n1.CC.CC. The van der Waals surface area contributed by atoms with Crippen molar-refractivity contribution < 1.29 is 4.74 Å². The lowest BCUT2D eigenvalue weighted by molar-refractivity contribution is 0.289. The Morgan fingerprint density at radius 3 is 2.50 bits per heavy atom. The second kappa shape index (κ2) is 10.2. The second-order valence-corrected chi connectivity index (χ2v) is 6.54. The van der Waals surface area contributed by atoms with Crippen molar-refractivity contribution in [3.05, 3.63) is 59.4 Å². The fourth-order valence-electron chi connectivity index (χ4n) is 2.60. The molecule has 3 aromatic rings. The van der Waals surface area contributed by atoms with E-state index in [0.29, 0.717) is 23.5 Å². The molecular formula is C22H29ClN4O. The van der Waals surface area contributed by atoms with Crippen LogP contribution in [0.3, 0.4) is 0 Å². The molecule has 0 atom stereocenters. The van der Waals surface area contributed by atoms with E-state index in [2.05, 4.69) is 44.3 Å². The standard InChI is InChI=1S/C18H17ClN4O.2C2H6/c1-11(2)18-21-15(19)7-17(22-18)24-10-14-9-23-8-13(12-3-4-12)5-6-16(23)20-14;2*1-2/h5-9,12H,1,3-4,10H2,2H3;2*1-2H3. The third-order valence-corrected chi connectivity index (χ3v) is 4.19. The van der Waals surface area contributed by atoms with Gasteiger partial charge in [-0.05, 0) is 42.9 Å². The number of aromatic nitrogens is 4. The Balaban J connectivity index is 0.000000660. The topological polar surface area (TPSA) is 52.3 Å². The van der Waals surface area contributed by atoms with Gasteiger partial charge < -0.3 is 9.14 Å². The molecule has 0 unspecified atom stereocenters. The summed E-state index contributed by atoms with van der Waals surface area (Å²) in [5.74, 6) is 1.63. The maximum atomic E-state index is 6.00. The molecule has 0 amide bonds. The van der Waals surface area contributed by atoms with Gasteiger partial charge in [0.05, 0.1) is 5.69 Å². The van der Waals surface area contributed by atoms with Gasteiger partial charge in [0.15, 0.2) is 5.82 Å². The van der Waals surface area contributed by atoms with Crippen molar-refractivity contribution >= 4 is 22.8 Å². The van der Waals surface area contributed by atoms with E-state index in [1.807, 2.05) is 40.8 Å². The summed E-state index contributed by atoms with van der Waals surface area (Å²) in [5.41, 5.74) is 3.87. The molecule has 4 rings (SSSR count). The Bertz CT molecular complexity index is 931. The molecule has 0 N–H and O–H groups in total. The second-order valence-electron chi connectivity index (χ2n) is 6.16. The summed E-state index contributed by atoms with van der Waals surface area (Å²) in [6, 6.07) is 5.81. The maximum Gasteiger partial charge on any atom is 0.218 e. The number of ether oxygens (including phenoxy) is 1. The number of fused-ring (bicyclic) bond motifs is 1. The summed E-state index contributed by atoms with van der Waals surface area (Å²) in [4.78, 5) is 13.0. The van der Waals surface area contributed by atoms with Crippen molar-refractivity contribution in [3.8, 4) is 5.88 Å². The molecule has 5 nitrogen and oxygen atoms in total. The van der Waals surface area contributed by atoms with Crippen molar-refractivity contribution in [1.82, 2.24) is 19.4 Å². The molecule has 28 heavy (non-hydrogen) atoms. The molecule has 1 fully saturated rings. The van der Waals surface area contributed by atoms with Crippen LogP contribution in [0, 0.1) is 0 Å². The van der Waals surface area contributed by atoms with Crippen molar-refractivity contribution in [2.24, 2.45) is 0 Å². The zero-order chi connectivity index (χ0) is 20.7. The predicted molar refractivity (Wildman–Crippen MR) is 116 cm³/mol. The van der Waals surface area contributed by atoms with Crippen LogP contribution in [0.2, 0.25) is 5.15 Å². The van der Waals surface area contributed by atoms with Gasteiger partial charge in [0, 0.05) is 18.5 Å². The predicted octanol–water partition coefficient (Wildman–Crippen LogP) is 6.32. The summed E-state index contributed by atoms with van der Waals surface area (Å²) >= 11 is 6.00. The lowest BCUT2D eigenvalue weighted by atomic mass is 10.2. The minimum atomic E-state index is 0.323. The van der Waals surface area contributed by atoms with Gasteiger partial charge in [-0.3, -0.25) is 0 Å². The van der Waals surface area contributed by atoms with Gasteiger partial charge in [-0.15, -0.1) is 0 Å². The van der Waals surface area contributed by atoms with Crippen LogP contribution in [0.25, 0.3) is 11.2 Å². The van der Waals surface area contributed by atoms with Crippen LogP contribution < -0.4 is 4.74 Å². The van der Waals surface area contributed by atoms with E-state index in [1.165, 1.54) is 18.4 Å². The Labute approximate surface area is 172 Å². The first kappa shape index (κ1) is 21.9. The summed E-state index contributed by atoms with van der Waals surface area (Å²) in [5, 5.41) is 0.335. The van der Waals surface area contributed by atoms with Gasteiger partial charge in [0.1, 0.15) is 17.4 Å². The molecule has 0 spiro atoms. The van der Waals surface area contributed by atoms with Crippen LogP contribution in [0.5, 0.6) is 5.88 Å². The van der Waals surface area contributed by atoms with Crippen LogP contribution in [0.1, 0.15) is 70.5 Å². The number of hydrogen-bond donors (Lipinski definition) is 0. The molecule has 3 aromatic heterocycles. The Morgan fingerprint density at radius 2 is 1.86 bits per heavy atom. The van der Waals surface area contributed by atoms with Crippen molar-refractivity contribution in [2.45, 2.75) is 60.0 Å². The van der Waals surface area contributed by atoms with Crippen molar-refractivity contribution in [1.29, 1.82) is 0 Å². The summed E-state index contributed by atoms with van der Waals surface area (Å²) in [6.45, 7) is 14.0. The highest BCUT2D eigenvalue weighted by Crippen LogP contribution is 2.39. The number of pyridine rings is 1. The van der Waals surface area contributed by atoms with Crippen LogP contribution >= 0.6 is 11.6 Å². The fourth-order valence-corrected chi connectivity index (χ4v) is 2.77. The zero-order valence-electron chi connectivity index (χ0n) is 17.4. The molecular weight excluding hydrogens is 372 g/mol. The average molecular weight is 401 g/mol. The Hall–Kier alpha value is -2.40. The summed E-state index contributed by atoms with van der Waals surface area (Å²) < 4.78 is 7.78. The number of rotatable bonds is 5. The van der Waals surface area contributed by atoms with Gasteiger partial charge in [0.2, 0.25) is 5.88 Å². The van der Waals surface area contributed by atoms with Gasteiger partial charge in [-0.1, -0.05) is 51.9 Å². The highest BCUT2D eigenvalue weighted by molar-refractivity contribution is 6.29. The average Bonchev–Trinajstić information content (AvgIpc) is 3.48. The van der Waals surface area contributed by atoms with Gasteiger partial charge in [-0.25, -0.2) is 9.97 Å². The Kier molecular flexibility index (Phi) is 8.00. The van der Waals surface area contributed by atoms with Crippen molar-refractivity contribution in [2.75, 3.05) is 0 Å². The van der Waals surface area contributed by atoms with E-state index in [4.69, 9.17) is 16.3 Å². The smallest absolute Gasteiger partial charge is 0.218 e.